The van der Waals surface area contributed by atoms with Crippen LogP contribution in [0.5, 0.6) is 0 Å². The molecule has 3 unspecified atom stereocenters. The van der Waals surface area contributed by atoms with Gasteiger partial charge >= 0.3 is 35.3 Å². The van der Waals surface area contributed by atoms with Crippen LogP contribution in [0, 0.1) is 0 Å². The summed E-state index contributed by atoms with van der Waals surface area (Å²) >= 11 is -0.472. The van der Waals surface area contributed by atoms with Crippen LogP contribution >= 0.6 is 18.8 Å². The Kier molecular flexibility index (Phi) is 28.5. The summed E-state index contributed by atoms with van der Waals surface area (Å²) in [5, 5.41) is 0. The molecule has 24 heavy (non-hydrogen) atoms. The maximum Gasteiger partial charge on any atom is -0.0177 e. The second kappa shape index (κ2) is 23.4. The Bertz CT molecular complexity index is 324. The van der Waals surface area contributed by atoms with Crippen molar-refractivity contribution >= 4 is 18.8 Å². The molecule has 2 rings (SSSR count). The van der Waals surface area contributed by atoms with E-state index in [1.54, 1.807) is 0 Å². The van der Waals surface area contributed by atoms with Crippen LogP contribution < -0.4 is 0 Å². The Morgan fingerprint density at radius 3 is 1.71 bits per heavy atom. The van der Waals surface area contributed by atoms with Gasteiger partial charge in [0.1, 0.15) is 0 Å². The SMILES string of the molecule is CC.CC.CCC.[Cl][Pt+2][Cl].[NH-]C1CCC(c2ccccc2)CC1[NH-]. The maximum absolute atomic E-state index is 7.77. The Morgan fingerprint density at radius 1 is 0.917 bits per heavy atom. The fraction of sp³-hybridized carbons (Fsp3) is 0.684. The number of nitrogens with one attached hydrogen (secondary N) is 2. The predicted octanol–water partition coefficient (Wildman–Crippen LogP) is 8.64. The summed E-state index contributed by atoms with van der Waals surface area (Å²) in [4.78, 5) is 0. The smallest absolute Gasteiger partial charge is 0.0177 e. The van der Waals surface area contributed by atoms with Gasteiger partial charge in [0.15, 0.2) is 0 Å². The van der Waals surface area contributed by atoms with Gasteiger partial charge in [-0.05, 0) is 17.9 Å². The average molecular weight is 558 g/mol. The molecular formula is C19H36Cl2N2Pt. The summed E-state index contributed by atoms with van der Waals surface area (Å²) in [5.41, 5.74) is 16.8. The molecule has 1 aliphatic rings. The van der Waals surface area contributed by atoms with Crippen LogP contribution in [0.3, 0.4) is 0 Å². The topological polar surface area (TPSA) is 47.6 Å². The van der Waals surface area contributed by atoms with Crippen LogP contribution in [0.4, 0.5) is 0 Å². The Balaban J connectivity index is -0.000000374. The molecular weight excluding hydrogens is 522 g/mol. The molecule has 2 nitrogen and oxygen atoms in total. The van der Waals surface area contributed by atoms with E-state index < -0.39 is 16.5 Å². The third-order valence-electron chi connectivity index (χ3n) is 3.12. The van der Waals surface area contributed by atoms with Crippen LogP contribution in [-0.2, 0) is 16.5 Å². The third kappa shape index (κ3) is 15.9. The van der Waals surface area contributed by atoms with Crippen LogP contribution in [0.25, 0.3) is 11.5 Å². The molecule has 5 heteroatoms. The zero-order valence-corrected chi connectivity index (χ0v) is 19.8. The van der Waals surface area contributed by atoms with Crippen LogP contribution in [0.2, 0.25) is 0 Å². The summed E-state index contributed by atoms with van der Waals surface area (Å²) in [6.45, 7) is 12.2. The van der Waals surface area contributed by atoms with Crippen molar-refractivity contribution in [2.24, 2.45) is 0 Å². The average Bonchev–Trinajstić information content (AvgIpc) is 2.63. The minimum absolute atomic E-state index is 0.157. The van der Waals surface area contributed by atoms with Gasteiger partial charge in [-0.3, -0.25) is 0 Å². The van der Waals surface area contributed by atoms with Crippen LogP contribution in [0.1, 0.15) is 78.7 Å². The largest absolute Gasteiger partial charge is 0.676 e. The Morgan fingerprint density at radius 2 is 1.33 bits per heavy atom. The normalized spacial score (nSPS) is 21.3. The van der Waals surface area contributed by atoms with Crippen LogP contribution in [0.15, 0.2) is 30.3 Å². The molecule has 0 aromatic heterocycles. The van der Waals surface area contributed by atoms with E-state index in [1.165, 1.54) is 12.0 Å². The molecule has 3 atom stereocenters. The Labute approximate surface area is 167 Å². The number of rotatable bonds is 1. The van der Waals surface area contributed by atoms with E-state index in [-0.39, 0.29) is 12.1 Å². The molecule has 2 N–H and O–H groups in total. The summed E-state index contributed by atoms with van der Waals surface area (Å²) in [5.74, 6) is 0.514. The molecule has 0 heterocycles. The second-order valence-corrected chi connectivity index (χ2v) is 8.17. The molecule has 0 radical (unpaired) electrons. The quantitative estimate of drug-likeness (QED) is 0.331. The van der Waals surface area contributed by atoms with Gasteiger partial charge < -0.3 is 11.5 Å². The zero-order valence-electron chi connectivity index (χ0n) is 16.0. The van der Waals surface area contributed by atoms with Crippen molar-refractivity contribution in [3.63, 3.8) is 0 Å². The summed E-state index contributed by atoms with van der Waals surface area (Å²) < 4.78 is 0. The molecule has 1 fully saturated rings. The summed E-state index contributed by atoms with van der Waals surface area (Å²) in [7, 11) is 9.75. The first kappa shape index (κ1) is 29.2. The molecule has 1 aliphatic carbocycles. The minimum Gasteiger partial charge on any atom is -0.676 e. The fourth-order valence-electron chi connectivity index (χ4n) is 2.20. The zero-order chi connectivity index (χ0) is 19.4. The Hall–Kier alpha value is 0.408. The van der Waals surface area contributed by atoms with Crippen molar-refractivity contribution in [3.05, 3.63) is 47.4 Å². The first-order valence-electron chi connectivity index (χ1n) is 8.90. The fourth-order valence-corrected chi connectivity index (χ4v) is 2.20. The molecule has 0 spiro atoms. The second-order valence-electron chi connectivity index (χ2n) is 4.89. The standard InChI is InChI=1S/C12H16N2.C3H8.2C2H6.2ClH.Pt/c13-11-7-6-10(8-12(11)14)9-4-2-1-3-5-9;1-3-2;2*1-2;;;/h1-5,10-14H,6-8H2;3H2,1-2H3;2*1-2H3;2*1H;/q-2;;;;;;+4/p-2. The van der Waals surface area contributed by atoms with Crippen molar-refractivity contribution < 1.29 is 16.5 Å². The molecule has 0 bridgehead atoms. The van der Waals surface area contributed by atoms with E-state index in [0.29, 0.717) is 5.92 Å². The van der Waals surface area contributed by atoms with Gasteiger partial charge in [0.05, 0.1) is 0 Å². The van der Waals surface area contributed by atoms with Gasteiger partial charge in [-0.1, -0.05) is 91.1 Å². The van der Waals surface area contributed by atoms with E-state index >= 15 is 0 Å². The van der Waals surface area contributed by atoms with Crippen molar-refractivity contribution in [2.75, 3.05) is 0 Å². The minimum atomic E-state index is -0.472. The van der Waals surface area contributed by atoms with Crippen molar-refractivity contribution in [2.45, 2.75) is 85.2 Å². The van der Waals surface area contributed by atoms with Crippen LogP contribution in [-0.4, -0.2) is 12.1 Å². The van der Waals surface area contributed by atoms with Gasteiger partial charge in [0.2, 0.25) is 0 Å². The van der Waals surface area contributed by atoms with Gasteiger partial charge in [-0.25, -0.2) is 0 Å². The molecule has 0 amide bonds. The van der Waals surface area contributed by atoms with Gasteiger partial charge in [-0.2, -0.15) is 12.1 Å². The van der Waals surface area contributed by atoms with Crippen molar-refractivity contribution in [1.29, 1.82) is 0 Å². The molecule has 1 aromatic rings. The van der Waals surface area contributed by atoms with E-state index in [4.69, 9.17) is 30.3 Å². The summed E-state index contributed by atoms with van der Waals surface area (Å²) in [6, 6.07) is 10.1. The monoisotopic (exact) mass is 557 g/mol. The van der Waals surface area contributed by atoms with Gasteiger partial charge in [0, 0.05) is 0 Å². The molecule has 1 aromatic carbocycles. The van der Waals surface area contributed by atoms with Crippen molar-refractivity contribution in [1.82, 2.24) is 0 Å². The number of benzene rings is 1. The van der Waals surface area contributed by atoms with E-state index in [9.17, 15) is 0 Å². The van der Waals surface area contributed by atoms with E-state index in [0.717, 1.165) is 19.3 Å². The number of hydrogen-bond donors (Lipinski definition) is 0. The van der Waals surface area contributed by atoms with E-state index in [1.807, 2.05) is 33.8 Å². The first-order valence-corrected chi connectivity index (χ1v) is 14.5. The van der Waals surface area contributed by atoms with Gasteiger partial charge in [0.25, 0.3) is 0 Å². The number of halogens is 2. The molecule has 146 valence electrons. The first-order chi connectivity index (χ1) is 11.6. The van der Waals surface area contributed by atoms with Crippen molar-refractivity contribution in [3.8, 4) is 0 Å². The number of hydrogen-bond acceptors (Lipinski definition) is 0. The molecule has 1 saturated carbocycles. The predicted molar refractivity (Wildman–Crippen MR) is 110 cm³/mol. The summed E-state index contributed by atoms with van der Waals surface area (Å²) in [6.07, 6.45) is 4.07. The maximum atomic E-state index is 7.77. The van der Waals surface area contributed by atoms with E-state index in [2.05, 4.69) is 38.1 Å². The van der Waals surface area contributed by atoms with Gasteiger partial charge in [-0.15, -0.1) is 0 Å². The third-order valence-corrected chi connectivity index (χ3v) is 3.12. The molecule has 0 aliphatic heterocycles. The molecule has 0 saturated heterocycles.